The zero-order valence-corrected chi connectivity index (χ0v) is 14.3. The third-order valence-electron chi connectivity index (χ3n) is 4.34. The van der Waals surface area contributed by atoms with E-state index in [0.29, 0.717) is 24.7 Å². The number of nitrogens with zero attached hydrogens (tertiary/aromatic N) is 3. The molecular formula is C17H26N4O2. The van der Waals surface area contributed by atoms with Crippen molar-refractivity contribution in [2.24, 2.45) is 5.73 Å². The molecule has 0 spiro atoms. The Labute approximate surface area is 137 Å². The number of piperazine rings is 1. The van der Waals surface area contributed by atoms with E-state index >= 15 is 0 Å². The minimum Gasteiger partial charge on any atom is -0.378 e. The number of nitrogens with two attached hydrogens (primary N) is 1. The van der Waals surface area contributed by atoms with Crippen molar-refractivity contribution >= 4 is 17.5 Å². The first-order valence-corrected chi connectivity index (χ1v) is 7.93. The number of hydrogen-bond donors (Lipinski definition) is 1. The maximum atomic E-state index is 12.8. The third kappa shape index (κ3) is 3.82. The van der Waals surface area contributed by atoms with Crippen LogP contribution in [0.5, 0.6) is 0 Å². The standard InChI is InChI=1S/C17H26N4O2/c1-12(2)20-8-9-21(15(11-20)16(18)22)17(23)13-6-5-7-14(10-13)19(3)4/h5-7,10,12,15H,8-9,11H2,1-4H3,(H2,18,22). The minimum atomic E-state index is -0.582. The average molecular weight is 318 g/mol. The van der Waals surface area contributed by atoms with Crippen molar-refractivity contribution in [3.05, 3.63) is 29.8 Å². The Balaban J connectivity index is 2.23. The molecule has 1 aliphatic rings. The summed E-state index contributed by atoms with van der Waals surface area (Å²) in [6.45, 7) is 5.91. The lowest BCUT2D eigenvalue weighted by atomic mass is 10.1. The van der Waals surface area contributed by atoms with Gasteiger partial charge in [-0.3, -0.25) is 14.5 Å². The van der Waals surface area contributed by atoms with E-state index in [4.69, 9.17) is 5.73 Å². The van der Waals surface area contributed by atoms with Crippen LogP contribution in [0.2, 0.25) is 0 Å². The zero-order valence-electron chi connectivity index (χ0n) is 14.3. The Morgan fingerprint density at radius 2 is 1.96 bits per heavy atom. The van der Waals surface area contributed by atoms with Gasteiger partial charge in [-0.2, -0.15) is 0 Å². The van der Waals surface area contributed by atoms with Crippen LogP contribution in [-0.2, 0) is 4.79 Å². The highest BCUT2D eigenvalue weighted by Crippen LogP contribution is 2.19. The molecule has 2 N–H and O–H groups in total. The molecule has 1 heterocycles. The van der Waals surface area contributed by atoms with E-state index < -0.39 is 11.9 Å². The summed E-state index contributed by atoms with van der Waals surface area (Å²) in [5, 5.41) is 0. The molecular weight excluding hydrogens is 292 g/mol. The van der Waals surface area contributed by atoms with Crippen LogP contribution in [0.25, 0.3) is 0 Å². The number of benzene rings is 1. The van der Waals surface area contributed by atoms with Crippen molar-refractivity contribution in [3.8, 4) is 0 Å². The van der Waals surface area contributed by atoms with Crippen LogP contribution in [0.3, 0.4) is 0 Å². The number of primary amides is 1. The van der Waals surface area contributed by atoms with Crippen LogP contribution in [0, 0.1) is 0 Å². The number of rotatable bonds is 4. The largest absolute Gasteiger partial charge is 0.378 e. The summed E-state index contributed by atoms with van der Waals surface area (Å²) < 4.78 is 0. The van der Waals surface area contributed by atoms with Crippen LogP contribution < -0.4 is 10.6 Å². The van der Waals surface area contributed by atoms with E-state index in [1.807, 2.05) is 37.2 Å². The summed E-state index contributed by atoms with van der Waals surface area (Å²) >= 11 is 0. The van der Waals surface area contributed by atoms with Gasteiger partial charge >= 0.3 is 0 Å². The van der Waals surface area contributed by atoms with E-state index in [2.05, 4.69) is 18.7 Å². The molecule has 1 saturated heterocycles. The van der Waals surface area contributed by atoms with Gasteiger partial charge in [0.2, 0.25) is 5.91 Å². The van der Waals surface area contributed by atoms with Crippen molar-refractivity contribution in [2.75, 3.05) is 38.6 Å². The van der Waals surface area contributed by atoms with Crippen molar-refractivity contribution in [2.45, 2.75) is 25.9 Å². The molecule has 1 aromatic rings. The second-order valence-corrected chi connectivity index (χ2v) is 6.45. The Morgan fingerprint density at radius 1 is 1.26 bits per heavy atom. The van der Waals surface area contributed by atoms with E-state index in [9.17, 15) is 9.59 Å². The van der Waals surface area contributed by atoms with Gasteiger partial charge in [-0.25, -0.2) is 0 Å². The molecule has 0 saturated carbocycles. The molecule has 0 radical (unpaired) electrons. The van der Waals surface area contributed by atoms with E-state index in [1.165, 1.54) is 0 Å². The fourth-order valence-corrected chi connectivity index (χ4v) is 2.84. The summed E-state index contributed by atoms with van der Waals surface area (Å²) in [5.41, 5.74) is 7.08. The predicted octanol–water partition coefficient (Wildman–Crippen LogP) is 0.773. The number of carbonyl (C=O) groups excluding carboxylic acids is 2. The van der Waals surface area contributed by atoms with Gasteiger partial charge in [-0.1, -0.05) is 6.07 Å². The summed E-state index contributed by atoms with van der Waals surface area (Å²) in [6, 6.07) is 7.16. The van der Waals surface area contributed by atoms with Gasteiger partial charge in [-0.05, 0) is 32.0 Å². The number of carbonyl (C=O) groups is 2. The Kier molecular flexibility index (Phi) is 5.26. The van der Waals surface area contributed by atoms with Gasteiger partial charge in [0.25, 0.3) is 5.91 Å². The molecule has 6 heteroatoms. The molecule has 23 heavy (non-hydrogen) atoms. The molecule has 0 aromatic heterocycles. The molecule has 1 aliphatic heterocycles. The third-order valence-corrected chi connectivity index (χ3v) is 4.34. The summed E-state index contributed by atoms with van der Waals surface area (Å²) in [5.74, 6) is -0.589. The van der Waals surface area contributed by atoms with Gasteiger partial charge in [0.05, 0.1) is 0 Å². The molecule has 1 atom stereocenters. The Morgan fingerprint density at radius 3 is 2.52 bits per heavy atom. The van der Waals surface area contributed by atoms with Crippen molar-refractivity contribution in [1.29, 1.82) is 0 Å². The highest BCUT2D eigenvalue weighted by molar-refractivity contribution is 5.98. The minimum absolute atomic E-state index is 0.138. The first-order valence-electron chi connectivity index (χ1n) is 7.93. The predicted molar refractivity (Wildman–Crippen MR) is 91.5 cm³/mol. The first kappa shape index (κ1) is 17.3. The van der Waals surface area contributed by atoms with Gasteiger partial charge in [0.15, 0.2) is 0 Å². The Bertz CT molecular complexity index is 586. The number of anilines is 1. The van der Waals surface area contributed by atoms with E-state index in [1.54, 1.807) is 11.0 Å². The van der Waals surface area contributed by atoms with Gasteiger partial charge in [0.1, 0.15) is 6.04 Å². The molecule has 2 amide bonds. The van der Waals surface area contributed by atoms with E-state index in [-0.39, 0.29) is 5.91 Å². The second kappa shape index (κ2) is 7.00. The molecule has 126 valence electrons. The lowest BCUT2D eigenvalue weighted by Crippen LogP contribution is -2.61. The highest BCUT2D eigenvalue weighted by atomic mass is 16.2. The van der Waals surface area contributed by atoms with Crippen LogP contribution >= 0.6 is 0 Å². The van der Waals surface area contributed by atoms with Crippen molar-refractivity contribution in [3.63, 3.8) is 0 Å². The molecule has 0 aliphatic carbocycles. The average Bonchev–Trinajstić information content (AvgIpc) is 2.53. The normalized spacial score (nSPS) is 19.0. The maximum Gasteiger partial charge on any atom is 0.254 e. The molecule has 1 fully saturated rings. The fourth-order valence-electron chi connectivity index (χ4n) is 2.84. The van der Waals surface area contributed by atoms with E-state index in [0.717, 1.165) is 12.2 Å². The monoisotopic (exact) mass is 318 g/mol. The molecule has 1 aromatic carbocycles. The van der Waals surface area contributed by atoms with Crippen molar-refractivity contribution < 1.29 is 9.59 Å². The summed E-state index contributed by atoms with van der Waals surface area (Å²) in [7, 11) is 3.86. The fraction of sp³-hybridized carbons (Fsp3) is 0.529. The van der Waals surface area contributed by atoms with Gasteiger partial charge in [0, 0.05) is 51.0 Å². The lowest BCUT2D eigenvalue weighted by molar-refractivity contribution is -0.124. The van der Waals surface area contributed by atoms with Crippen molar-refractivity contribution in [1.82, 2.24) is 9.80 Å². The summed E-state index contributed by atoms with van der Waals surface area (Å²) in [6.07, 6.45) is 0. The molecule has 6 nitrogen and oxygen atoms in total. The molecule has 1 unspecified atom stereocenters. The van der Waals surface area contributed by atoms with Gasteiger partial charge in [-0.15, -0.1) is 0 Å². The van der Waals surface area contributed by atoms with Crippen LogP contribution in [0.15, 0.2) is 24.3 Å². The van der Waals surface area contributed by atoms with Crippen LogP contribution in [0.4, 0.5) is 5.69 Å². The number of amides is 2. The summed E-state index contributed by atoms with van der Waals surface area (Å²) in [4.78, 5) is 30.4. The van der Waals surface area contributed by atoms with Crippen LogP contribution in [0.1, 0.15) is 24.2 Å². The highest BCUT2D eigenvalue weighted by Gasteiger charge is 2.35. The molecule has 2 rings (SSSR count). The molecule has 0 bridgehead atoms. The lowest BCUT2D eigenvalue weighted by Gasteiger charge is -2.41. The Hall–Kier alpha value is -2.08. The van der Waals surface area contributed by atoms with Crippen LogP contribution in [-0.4, -0.2) is 67.4 Å². The zero-order chi connectivity index (χ0) is 17.1. The second-order valence-electron chi connectivity index (χ2n) is 6.45. The SMILES string of the molecule is CC(C)N1CCN(C(=O)c2cccc(N(C)C)c2)C(C(N)=O)C1. The van der Waals surface area contributed by atoms with Gasteiger partial charge < -0.3 is 15.5 Å². The number of hydrogen-bond acceptors (Lipinski definition) is 4. The maximum absolute atomic E-state index is 12.8. The topological polar surface area (TPSA) is 69.9 Å². The quantitative estimate of drug-likeness (QED) is 0.890. The smallest absolute Gasteiger partial charge is 0.254 e. The first-order chi connectivity index (χ1) is 10.8.